The number of amides is 2. The van der Waals surface area contributed by atoms with Gasteiger partial charge in [0.15, 0.2) is 12.2 Å². The van der Waals surface area contributed by atoms with Crippen LogP contribution in [-0.2, 0) is 22.7 Å². The zero-order valence-electron chi connectivity index (χ0n) is 20.9. The van der Waals surface area contributed by atoms with Crippen molar-refractivity contribution in [3.8, 4) is 0 Å². The largest absolute Gasteiger partial charge is 0.380 e. The van der Waals surface area contributed by atoms with Gasteiger partial charge < -0.3 is 25.0 Å². The SMILES string of the molecule is Cc1nc2ccccc2n1Cc1cc(CNC(=O)C(O)C(O)C(=O)N2CCC[C@@H]2c2cccc(Cl)c2)cs1. The molecule has 5 rings (SSSR count). The number of nitrogens with one attached hydrogen (secondary N) is 1. The third-order valence-corrected chi connectivity index (χ3v) is 8.13. The molecule has 198 valence electrons. The summed E-state index contributed by atoms with van der Waals surface area (Å²) in [6.07, 6.45) is -2.26. The summed E-state index contributed by atoms with van der Waals surface area (Å²) in [7, 11) is 0. The Labute approximate surface area is 229 Å². The molecule has 8 nitrogen and oxygen atoms in total. The van der Waals surface area contributed by atoms with Crippen molar-refractivity contribution in [2.75, 3.05) is 6.54 Å². The van der Waals surface area contributed by atoms with Crippen molar-refractivity contribution in [2.24, 2.45) is 0 Å². The van der Waals surface area contributed by atoms with E-state index >= 15 is 0 Å². The van der Waals surface area contributed by atoms with Gasteiger partial charge in [0.25, 0.3) is 11.8 Å². The minimum absolute atomic E-state index is 0.172. The molecule has 1 fully saturated rings. The van der Waals surface area contributed by atoms with Crippen molar-refractivity contribution in [1.29, 1.82) is 0 Å². The van der Waals surface area contributed by atoms with Gasteiger partial charge in [-0.3, -0.25) is 9.59 Å². The van der Waals surface area contributed by atoms with Crippen LogP contribution in [0.5, 0.6) is 0 Å². The number of likely N-dealkylation sites (tertiary alicyclic amines) is 1. The predicted molar refractivity (Wildman–Crippen MR) is 147 cm³/mol. The van der Waals surface area contributed by atoms with E-state index < -0.39 is 24.0 Å². The van der Waals surface area contributed by atoms with Crippen molar-refractivity contribution in [2.45, 2.75) is 51.1 Å². The molecule has 3 N–H and O–H groups in total. The minimum atomic E-state index is -1.87. The third-order valence-electron chi connectivity index (χ3n) is 6.92. The second-order valence-corrected chi connectivity index (χ2v) is 10.9. The number of thiophene rings is 1. The molecule has 0 aliphatic carbocycles. The van der Waals surface area contributed by atoms with Crippen molar-refractivity contribution in [3.05, 3.63) is 86.8 Å². The van der Waals surface area contributed by atoms with E-state index in [1.165, 1.54) is 4.90 Å². The quantitative estimate of drug-likeness (QED) is 0.308. The molecule has 3 atom stereocenters. The van der Waals surface area contributed by atoms with Crippen molar-refractivity contribution in [1.82, 2.24) is 19.8 Å². The molecule has 2 aromatic heterocycles. The minimum Gasteiger partial charge on any atom is -0.380 e. The fourth-order valence-electron chi connectivity index (χ4n) is 4.99. The predicted octanol–water partition coefficient (Wildman–Crippen LogP) is 3.81. The summed E-state index contributed by atoms with van der Waals surface area (Å²) >= 11 is 7.68. The average molecular weight is 553 g/mol. The number of nitrogens with zero attached hydrogens (tertiary/aromatic N) is 3. The van der Waals surface area contributed by atoms with E-state index in [9.17, 15) is 19.8 Å². The molecular formula is C28H29ClN4O4S. The van der Waals surface area contributed by atoms with Crippen LogP contribution in [0.15, 0.2) is 60.0 Å². The number of imidazole rings is 1. The van der Waals surface area contributed by atoms with E-state index in [4.69, 9.17) is 11.6 Å². The number of carbonyl (C=O) groups is 2. The van der Waals surface area contributed by atoms with Crippen molar-refractivity contribution < 1.29 is 19.8 Å². The van der Waals surface area contributed by atoms with E-state index in [-0.39, 0.29) is 12.6 Å². The summed E-state index contributed by atoms with van der Waals surface area (Å²) in [4.78, 5) is 32.8. The molecule has 3 heterocycles. The van der Waals surface area contributed by atoms with Gasteiger partial charge in [-0.05, 0) is 66.6 Å². The van der Waals surface area contributed by atoms with Gasteiger partial charge in [0.05, 0.1) is 23.6 Å². The number of fused-ring (bicyclic) bond motifs is 1. The van der Waals surface area contributed by atoms with Crippen LogP contribution >= 0.6 is 22.9 Å². The summed E-state index contributed by atoms with van der Waals surface area (Å²) in [6.45, 7) is 3.24. The summed E-state index contributed by atoms with van der Waals surface area (Å²) in [5.41, 5.74) is 3.74. The highest BCUT2D eigenvalue weighted by atomic mass is 35.5. The first kappa shape index (κ1) is 26.4. The number of hydrogen-bond acceptors (Lipinski definition) is 6. The van der Waals surface area contributed by atoms with Crippen LogP contribution in [0.3, 0.4) is 0 Å². The number of hydrogen-bond donors (Lipinski definition) is 3. The normalized spacial score (nSPS) is 17.1. The lowest BCUT2D eigenvalue weighted by Gasteiger charge is -2.28. The van der Waals surface area contributed by atoms with E-state index in [0.717, 1.165) is 45.7 Å². The topological polar surface area (TPSA) is 108 Å². The number of aliphatic hydroxyl groups excluding tert-OH is 2. The standard InChI is InChI=1S/C28H29ClN4O4S/c1-17-31-22-8-2-3-9-24(22)33(17)15-21-12-18(16-38-21)14-30-27(36)25(34)26(35)28(37)32-11-5-10-23(32)19-6-4-7-20(29)13-19/h2-4,6-9,12-13,16,23,25-26,34-35H,5,10-11,14-15H2,1H3,(H,30,36)/t23-,25?,26?/m1/s1. The van der Waals surface area contributed by atoms with Crippen LogP contribution in [0.25, 0.3) is 11.0 Å². The highest BCUT2D eigenvalue weighted by Gasteiger charge is 2.38. The van der Waals surface area contributed by atoms with Crippen LogP contribution in [-0.4, -0.2) is 55.2 Å². The number of para-hydroxylation sites is 2. The van der Waals surface area contributed by atoms with Gasteiger partial charge >= 0.3 is 0 Å². The fraction of sp³-hybridized carbons (Fsp3) is 0.321. The molecule has 2 unspecified atom stereocenters. The van der Waals surface area contributed by atoms with E-state index in [2.05, 4.69) is 14.9 Å². The molecule has 0 spiro atoms. The molecule has 10 heteroatoms. The first-order valence-electron chi connectivity index (χ1n) is 12.5. The van der Waals surface area contributed by atoms with Crippen molar-refractivity contribution in [3.63, 3.8) is 0 Å². The maximum atomic E-state index is 13.0. The lowest BCUT2D eigenvalue weighted by molar-refractivity contribution is -0.153. The van der Waals surface area contributed by atoms with E-state index in [1.54, 1.807) is 23.5 Å². The summed E-state index contributed by atoms with van der Waals surface area (Å²) < 4.78 is 2.14. The Morgan fingerprint density at radius 2 is 1.97 bits per heavy atom. The molecule has 0 bridgehead atoms. The number of aliphatic hydroxyl groups is 2. The molecule has 1 saturated heterocycles. The number of aromatic nitrogens is 2. The van der Waals surface area contributed by atoms with E-state index in [1.807, 2.05) is 54.8 Å². The van der Waals surface area contributed by atoms with Crippen LogP contribution < -0.4 is 5.32 Å². The summed E-state index contributed by atoms with van der Waals surface area (Å²) in [5.74, 6) is -0.545. The van der Waals surface area contributed by atoms with Gasteiger partial charge in [-0.2, -0.15) is 0 Å². The number of rotatable bonds is 8. The molecule has 2 aromatic carbocycles. The zero-order valence-corrected chi connectivity index (χ0v) is 22.5. The highest BCUT2D eigenvalue weighted by molar-refractivity contribution is 7.10. The van der Waals surface area contributed by atoms with Crippen molar-refractivity contribution >= 4 is 45.8 Å². The fourth-order valence-corrected chi connectivity index (χ4v) is 6.06. The molecular weight excluding hydrogens is 524 g/mol. The first-order chi connectivity index (χ1) is 18.3. The van der Waals surface area contributed by atoms with Crippen LogP contribution in [0, 0.1) is 6.92 Å². The second kappa shape index (κ2) is 11.2. The lowest BCUT2D eigenvalue weighted by Crippen LogP contribution is -2.50. The van der Waals surface area contributed by atoms with Gasteiger partial charge in [-0.15, -0.1) is 11.3 Å². The van der Waals surface area contributed by atoms with Crippen LogP contribution in [0.4, 0.5) is 0 Å². The Hall–Kier alpha value is -3.24. The third kappa shape index (κ3) is 5.47. The second-order valence-electron chi connectivity index (χ2n) is 9.51. The maximum absolute atomic E-state index is 13.0. The van der Waals surface area contributed by atoms with Crippen LogP contribution in [0.2, 0.25) is 5.02 Å². The summed E-state index contributed by atoms with van der Waals surface area (Å²) in [5, 5.41) is 26.2. The Balaban J connectivity index is 1.18. The number of carbonyl (C=O) groups excluding carboxylic acids is 2. The van der Waals surface area contributed by atoms with Gasteiger partial charge in [0, 0.05) is 23.0 Å². The maximum Gasteiger partial charge on any atom is 0.255 e. The molecule has 38 heavy (non-hydrogen) atoms. The number of benzene rings is 2. The van der Waals surface area contributed by atoms with Gasteiger partial charge in [0.1, 0.15) is 5.82 Å². The van der Waals surface area contributed by atoms with E-state index in [0.29, 0.717) is 18.1 Å². The Morgan fingerprint density at radius 1 is 1.16 bits per heavy atom. The van der Waals surface area contributed by atoms with Gasteiger partial charge in [-0.25, -0.2) is 4.98 Å². The van der Waals surface area contributed by atoms with Crippen LogP contribution in [0.1, 0.15) is 40.7 Å². The average Bonchev–Trinajstić information content (AvgIpc) is 3.65. The van der Waals surface area contributed by atoms with Gasteiger partial charge in [0.2, 0.25) is 0 Å². The molecule has 2 amide bonds. The highest BCUT2D eigenvalue weighted by Crippen LogP contribution is 2.33. The molecule has 1 aliphatic heterocycles. The lowest BCUT2D eigenvalue weighted by atomic mass is 10.0. The molecule has 0 saturated carbocycles. The Morgan fingerprint density at radius 3 is 2.79 bits per heavy atom. The molecule has 1 aliphatic rings. The molecule has 0 radical (unpaired) electrons. The Kier molecular flexibility index (Phi) is 7.80. The number of halogens is 1. The molecule has 4 aromatic rings. The monoisotopic (exact) mass is 552 g/mol. The Bertz CT molecular complexity index is 1470. The van der Waals surface area contributed by atoms with Gasteiger partial charge in [-0.1, -0.05) is 35.9 Å². The summed E-state index contributed by atoms with van der Waals surface area (Å²) in [6, 6.07) is 16.9. The first-order valence-corrected chi connectivity index (χ1v) is 13.8. The zero-order chi connectivity index (χ0) is 26.8. The number of aryl methyl sites for hydroxylation is 1. The smallest absolute Gasteiger partial charge is 0.255 e.